The van der Waals surface area contributed by atoms with Crippen molar-refractivity contribution in [2.45, 2.75) is 34.8 Å². The molecule has 0 aromatic heterocycles. The van der Waals surface area contributed by atoms with E-state index in [-0.39, 0.29) is 17.7 Å². The molecule has 106 valence electrons. The van der Waals surface area contributed by atoms with Gasteiger partial charge in [-0.25, -0.2) is 8.42 Å². The molecule has 0 unspecified atom stereocenters. The molecule has 0 amide bonds. The fourth-order valence-electron chi connectivity index (χ4n) is 1.64. The molecule has 1 aromatic carbocycles. The number of nitrogens with one attached hydrogen (secondary N) is 1. The summed E-state index contributed by atoms with van der Waals surface area (Å²) in [7, 11) is -4.15. The first-order chi connectivity index (χ1) is 8.70. The first-order valence-electron chi connectivity index (χ1n) is 5.46. The van der Waals surface area contributed by atoms with Crippen LogP contribution in [0.5, 0.6) is 0 Å². The Bertz CT molecular complexity index is 565. The van der Waals surface area contributed by atoms with Gasteiger partial charge >= 0.3 is 6.18 Å². The molecular formula is C11H11BrF3NO2S. The molecule has 1 aliphatic carbocycles. The zero-order valence-electron chi connectivity index (χ0n) is 9.67. The van der Waals surface area contributed by atoms with Crippen molar-refractivity contribution in [2.24, 2.45) is 0 Å². The second-order valence-electron chi connectivity index (χ2n) is 4.46. The molecular weight excluding hydrogens is 347 g/mol. The minimum Gasteiger partial charge on any atom is -0.207 e. The molecule has 0 aliphatic heterocycles. The van der Waals surface area contributed by atoms with Crippen molar-refractivity contribution < 1.29 is 21.6 Å². The number of alkyl halides is 4. The van der Waals surface area contributed by atoms with Crippen LogP contribution in [0.2, 0.25) is 0 Å². The van der Waals surface area contributed by atoms with Crippen molar-refractivity contribution in [3.63, 3.8) is 0 Å². The molecule has 3 nitrogen and oxygen atoms in total. The summed E-state index contributed by atoms with van der Waals surface area (Å²) in [6.45, 7) is 0. The van der Waals surface area contributed by atoms with Crippen LogP contribution in [0.1, 0.15) is 18.4 Å². The second kappa shape index (κ2) is 4.75. The van der Waals surface area contributed by atoms with E-state index in [1.165, 1.54) is 12.1 Å². The predicted octanol–water partition coefficient (Wildman–Crippen LogP) is 2.95. The number of rotatable bonds is 4. The average molecular weight is 358 g/mol. The standard InChI is InChI=1S/C11H11BrF3NO2S/c12-7-8-1-3-9(4-2-8)19(17,18)16-10(5-6-10)11(13,14)15/h1-4,16H,5-7H2. The van der Waals surface area contributed by atoms with Crippen molar-refractivity contribution in [1.29, 1.82) is 0 Å². The van der Waals surface area contributed by atoms with E-state index in [1.807, 2.05) is 0 Å². The van der Waals surface area contributed by atoms with Crippen molar-refractivity contribution >= 4 is 26.0 Å². The van der Waals surface area contributed by atoms with Gasteiger partial charge in [0.2, 0.25) is 10.0 Å². The topological polar surface area (TPSA) is 46.2 Å². The van der Waals surface area contributed by atoms with Crippen molar-refractivity contribution in [2.75, 3.05) is 0 Å². The third-order valence-corrected chi connectivity index (χ3v) is 5.21. The Morgan fingerprint density at radius 2 is 1.74 bits per heavy atom. The summed E-state index contributed by atoms with van der Waals surface area (Å²) >= 11 is 3.20. The largest absolute Gasteiger partial charge is 0.407 e. The van der Waals surface area contributed by atoms with Gasteiger partial charge in [0.1, 0.15) is 5.54 Å². The van der Waals surface area contributed by atoms with Gasteiger partial charge in [-0.2, -0.15) is 17.9 Å². The van der Waals surface area contributed by atoms with Crippen LogP contribution >= 0.6 is 15.9 Å². The highest BCUT2D eigenvalue weighted by molar-refractivity contribution is 9.08. The van der Waals surface area contributed by atoms with Crippen LogP contribution < -0.4 is 4.72 Å². The van der Waals surface area contributed by atoms with E-state index >= 15 is 0 Å². The van der Waals surface area contributed by atoms with Crippen molar-refractivity contribution in [1.82, 2.24) is 4.72 Å². The zero-order chi connectivity index (χ0) is 14.3. The second-order valence-corrected chi connectivity index (χ2v) is 6.71. The van der Waals surface area contributed by atoms with Crippen molar-refractivity contribution in [3.8, 4) is 0 Å². The Morgan fingerprint density at radius 3 is 2.11 bits per heavy atom. The monoisotopic (exact) mass is 357 g/mol. The number of sulfonamides is 1. The van der Waals surface area contributed by atoms with Crippen LogP contribution in [0.4, 0.5) is 13.2 Å². The molecule has 1 aromatic rings. The lowest BCUT2D eigenvalue weighted by Crippen LogP contribution is -2.47. The number of halogens is 4. The summed E-state index contributed by atoms with van der Waals surface area (Å²) in [5.74, 6) is 0. The van der Waals surface area contributed by atoms with Gasteiger partial charge in [-0.1, -0.05) is 28.1 Å². The van der Waals surface area contributed by atoms with Crippen LogP contribution in [0.3, 0.4) is 0 Å². The highest BCUT2D eigenvalue weighted by Crippen LogP contribution is 2.49. The van der Waals surface area contributed by atoms with Gasteiger partial charge in [-0.05, 0) is 30.5 Å². The number of hydrogen-bond acceptors (Lipinski definition) is 2. The maximum Gasteiger partial charge on any atom is 0.407 e. The Balaban J connectivity index is 2.23. The first-order valence-corrected chi connectivity index (χ1v) is 8.06. The van der Waals surface area contributed by atoms with Gasteiger partial charge in [-0.15, -0.1) is 0 Å². The Labute approximate surface area is 117 Å². The lowest BCUT2D eigenvalue weighted by atomic mass is 10.2. The number of hydrogen-bond donors (Lipinski definition) is 1. The molecule has 1 fully saturated rings. The minimum absolute atomic E-state index is 0.160. The molecule has 0 radical (unpaired) electrons. The van der Waals surface area contributed by atoms with E-state index in [2.05, 4.69) is 15.9 Å². The molecule has 1 N–H and O–H groups in total. The minimum atomic E-state index is -4.56. The van der Waals surface area contributed by atoms with Crippen LogP contribution in [0, 0.1) is 0 Å². The summed E-state index contributed by atoms with van der Waals surface area (Å²) < 4.78 is 63.8. The SMILES string of the molecule is O=S(=O)(NC1(C(F)(F)F)CC1)c1ccc(CBr)cc1. The van der Waals surface area contributed by atoms with Gasteiger partial charge in [0.15, 0.2) is 0 Å². The molecule has 8 heteroatoms. The van der Waals surface area contributed by atoms with E-state index in [0.29, 0.717) is 5.33 Å². The van der Waals surface area contributed by atoms with Crippen LogP contribution in [0.15, 0.2) is 29.2 Å². The quantitative estimate of drug-likeness (QED) is 0.842. The van der Waals surface area contributed by atoms with E-state index < -0.39 is 21.7 Å². The average Bonchev–Trinajstić information content (AvgIpc) is 3.09. The third-order valence-electron chi connectivity index (χ3n) is 3.01. The van der Waals surface area contributed by atoms with Gasteiger partial charge in [-0.3, -0.25) is 0 Å². The Kier molecular flexibility index (Phi) is 3.70. The lowest BCUT2D eigenvalue weighted by Gasteiger charge is -2.20. The van der Waals surface area contributed by atoms with Gasteiger partial charge in [0.05, 0.1) is 4.90 Å². The van der Waals surface area contributed by atoms with Crippen molar-refractivity contribution in [3.05, 3.63) is 29.8 Å². The lowest BCUT2D eigenvalue weighted by molar-refractivity contribution is -0.160. The van der Waals surface area contributed by atoms with E-state index in [9.17, 15) is 21.6 Å². The Hall–Kier alpha value is -0.600. The van der Waals surface area contributed by atoms with E-state index in [1.54, 1.807) is 16.9 Å². The zero-order valence-corrected chi connectivity index (χ0v) is 12.1. The molecule has 0 heterocycles. The predicted molar refractivity (Wildman–Crippen MR) is 67.4 cm³/mol. The summed E-state index contributed by atoms with van der Waals surface area (Å²) in [6, 6.07) is 5.70. The molecule has 2 rings (SSSR count). The molecule has 0 spiro atoms. The maximum absolute atomic E-state index is 12.7. The molecule has 0 bridgehead atoms. The normalized spacial score (nSPS) is 18.3. The van der Waals surface area contributed by atoms with Gasteiger partial charge in [0, 0.05) is 5.33 Å². The Morgan fingerprint density at radius 1 is 1.21 bits per heavy atom. The summed E-state index contributed by atoms with van der Waals surface area (Å²) in [4.78, 5) is -0.160. The van der Waals surface area contributed by atoms with Crippen LogP contribution in [-0.2, 0) is 15.4 Å². The smallest absolute Gasteiger partial charge is 0.207 e. The first kappa shape index (κ1) is 14.8. The van der Waals surface area contributed by atoms with E-state index in [0.717, 1.165) is 5.56 Å². The highest BCUT2D eigenvalue weighted by atomic mass is 79.9. The fraction of sp³-hybridized carbons (Fsp3) is 0.455. The molecule has 1 saturated carbocycles. The molecule has 1 aliphatic rings. The molecule has 19 heavy (non-hydrogen) atoms. The maximum atomic E-state index is 12.7. The van der Waals surface area contributed by atoms with E-state index in [4.69, 9.17) is 0 Å². The number of benzene rings is 1. The highest BCUT2D eigenvalue weighted by Gasteiger charge is 2.65. The fourth-order valence-corrected chi connectivity index (χ4v) is 3.46. The van der Waals surface area contributed by atoms with Crippen LogP contribution in [-0.4, -0.2) is 20.1 Å². The van der Waals surface area contributed by atoms with Gasteiger partial charge < -0.3 is 0 Å². The van der Waals surface area contributed by atoms with Gasteiger partial charge in [0.25, 0.3) is 0 Å². The summed E-state index contributed by atoms with van der Waals surface area (Å²) in [6.07, 6.45) is -4.99. The third kappa shape index (κ3) is 2.95. The molecule has 0 atom stereocenters. The summed E-state index contributed by atoms with van der Waals surface area (Å²) in [5.41, 5.74) is -1.43. The molecule has 0 saturated heterocycles. The van der Waals surface area contributed by atoms with Crippen LogP contribution in [0.25, 0.3) is 0 Å². The summed E-state index contributed by atoms with van der Waals surface area (Å²) in [5, 5.41) is 0.549.